The zero-order valence-electron chi connectivity index (χ0n) is 10.1. The van der Waals surface area contributed by atoms with Gasteiger partial charge in [-0.15, -0.1) is 0 Å². The van der Waals surface area contributed by atoms with Gasteiger partial charge >= 0.3 is 18.0 Å². The number of rotatable bonds is 8. The third kappa shape index (κ3) is 8.34. The highest BCUT2D eigenvalue weighted by atomic mass is 16.5. The van der Waals surface area contributed by atoms with Crippen molar-refractivity contribution in [3.63, 3.8) is 0 Å². The summed E-state index contributed by atoms with van der Waals surface area (Å²) in [4.78, 5) is 32.3. The van der Waals surface area contributed by atoms with Crippen molar-refractivity contribution in [3.8, 4) is 0 Å². The van der Waals surface area contributed by atoms with E-state index in [9.17, 15) is 14.4 Å². The average molecular weight is 262 g/mol. The molecule has 0 aliphatic heterocycles. The maximum absolute atomic E-state index is 11.1. The predicted molar refractivity (Wildman–Crippen MR) is 60.9 cm³/mol. The number of carbonyl (C=O) groups excluding carboxylic acids is 2. The summed E-state index contributed by atoms with van der Waals surface area (Å²) in [6.07, 6.45) is -1.00. The lowest BCUT2D eigenvalue weighted by Gasteiger charge is -2.09. The molecule has 8 heteroatoms. The van der Waals surface area contributed by atoms with Crippen molar-refractivity contribution >= 4 is 18.0 Å². The first-order chi connectivity index (χ1) is 8.47. The van der Waals surface area contributed by atoms with Gasteiger partial charge in [0.25, 0.3) is 0 Å². The summed E-state index contributed by atoms with van der Waals surface area (Å²) < 4.78 is 4.69. The summed E-state index contributed by atoms with van der Waals surface area (Å²) in [5.41, 5.74) is 0. The molecular weight excluding hydrogens is 244 g/mol. The van der Waals surface area contributed by atoms with E-state index in [-0.39, 0.29) is 25.5 Å². The number of hydrogen-bond donors (Lipinski definition) is 4. The van der Waals surface area contributed by atoms with E-state index in [1.54, 1.807) is 6.92 Å². The molecule has 0 aliphatic carbocycles. The molecule has 0 saturated carbocycles. The standard InChI is InChI=1S/C10H18N2O6/c1-2-18-8(14)4-3-5-11-10(17)12-6-7(13)9(15)16/h7,13H,2-6H2,1H3,(H,15,16)(H2,11,12,17)/t7-/m0/s1. The lowest BCUT2D eigenvalue weighted by Crippen LogP contribution is -2.42. The molecule has 0 aliphatic rings. The fourth-order valence-corrected chi connectivity index (χ4v) is 1.01. The number of carbonyl (C=O) groups is 3. The van der Waals surface area contributed by atoms with Gasteiger partial charge in [0.05, 0.1) is 13.2 Å². The molecule has 0 spiro atoms. The lowest BCUT2D eigenvalue weighted by atomic mass is 10.3. The number of nitrogens with one attached hydrogen (secondary N) is 2. The second-order valence-corrected chi connectivity index (χ2v) is 3.40. The van der Waals surface area contributed by atoms with Crippen molar-refractivity contribution in [2.24, 2.45) is 0 Å². The minimum Gasteiger partial charge on any atom is -0.479 e. The molecule has 0 aromatic carbocycles. The normalized spacial score (nSPS) is 11.4. The second-order valence-electron chi connectivity index (χ2n) is 3.40. The quantitative estimate of drug-likeness (QED) is 0.331. The molecular formula is C10H18N2O6. The van der Waals surface area contributed by atoms with Gasteiger partial charge in [0, 0.05) is 13.0 Å². The molecule has 1 atom stereocenters. The Morgan fingerprint density at radius 2 is 1.94 bits per heavy atom. The van der Waals surface area contributed by atoms with E-state index < -0.39 is 18.1 Å². The fourth-order valence-electron chi connectivity index (χ4n) is 1.01. The molecule has 4 N–H and O–H groups in total. The Balaban J connectivity index is 3.54. The third-order valence-electron chi connectivity index (χ3n) is 1.89. The Morgan fingerprint density at radius 1 is 1.28 bits per heavy atom. The number of hydrogen-bond acceptors (Lipinski definition) is 5. The smallest absolute Gasteiger partial charge is 0.334 e. The van der Waals surface area contributed by atoms with E-state index in [4.69, 9.17) is 10.2 Å². The van der Waals surface area contributed by atoms with Gasteiger partial charge < -0.3 is 25.6 Å². The molecule has 0 fully saturated rings. The SMILES string of the molecule is CCOC(=O)CCCNC(=O)NC[C@H](O)C(=O)O. The van der Waals surface area contributed by atoms with Crippen LogP contribution in [0.5, 0.6) is 0 Å². The van der Waals surface area contributed by atoms with E-state index in [2.05, 4.69) is 15.4 Å². The molecule has 18 heavy (non-hydrogen) atoms. The van der Waals surface area contributed by atoms with Gasteiger partial charge in [-0.05, 0) is 13.3 Å². The Bertz CT molecular complexity index is 294. The highest BCUT2D eigenvalue weighted by Crippen LogP contribution is 1.91. The van der Waals surface area contributed by atoms with Crippen molar-refractivity contribution in [1.82, 2.24) is 10.6 Å². The molecule has 8 nitrogen and oxygen atoms in total. The highest BCUT2D eigenvalue weighted by molar-refractivity contribution is 5.76. The van der Waals surface area contributed by atoms with Gasteiger partial charge in [0.2, 0.25) is 0 Å². The molecule has 0 rings (SSSR count). The van der Waals surface area contributed by atoms with Gasteiger partial charge in [-0.3, -0.25) is 4.79 Å². The lowest BCUT2D eigenvalue weighted by molar-refractivity contribution is -0.146. The molecule has 0 bridgehead atoms. The van der Waals surface area contributed by atoms with Gasteiger partial charge in [0.15, 0.2) is 6.10 Å². The van der Waals surface area contributed by atoms with Crippen LogP contribution < -0.4 is 10.6 Å². The molecule has 0 radical (unpaired) electrons. The maximum Gasteiger partial charge on any atom is 0.334 e. The summed E-state index contributed by atoms with van der Waals surface area (Å²) in [5, 5.41) is 21.8. The molecule has 104 valence electrons. The fraction of sp³-hybridized carbons (Fsp3) is 0.700. The van der Waals surface area contributed by atoms with Crippen LogP contribution in [0.1, 0.15) is 19.8 Å². The summed E-state index contributed by atoms with van der Waals surface area (Å²) in [6, 6.07) is -0.598. The van der Waals surface area contributed by atoms with Crippen LogP contribution in [0, 0.1) is 0 Å². The molecule has 0 aromatic heterocycles. The molecule has 0 unspecified atom stereocenters. The number of urea groups is 1. The van der Waals surface area contributed by atoms with E-state index >= 15 is 0 Å². The highest BCUT2D eigenvalue weighted by Gasteiger charge is 2.13. The number of aliphatic hydroxyl groups is 1. The molecule has 0 heterocycles. The van der Waals surface area contributed by atoms with E-state index in [1.807, 2.05) is 0 Å². The topological polar surface area (TPSA) is 125 Å². The monoisotopic (exact) mass is 262 g/mol. The van der Waals surface area contributed by atoms with E-state index in [1.165, 1.54) is 0 Å². The minimum atomic E-state index is -1.63. The number of amides is 2. The van der Waals surface area contributed by atoms with Crippen LogP contribution in [0.4, 0.5) is 4.79 Å². The van der Waals surface area contributed by atoms with E-state index in [0.29, 0.717) is 13.0 Å². The van der Waals surface area contributed by atoms with Crippen molar-refractivity contribution in [1.29, 1.82) is 0 Å². The van der Waals surface area contributed by atoms with Crippen LogP contribution in [0.25, 0.3) is 0 Å². The Hall–Kier alpha value is -1.83. The average Bonchev–Trinajstić information content (AvgIpc) is 2.31. The predicted octanol–water partition coefficient (Wildman–Crippen LogP) is -0.926. The first-order valence-corrected chi connectivity index (χ1v) is 5.55. The van der Waals surface area contributed by atoms with Crippen molar-refractivity contribution in [2.45, 2.75) is 25.9 Å². The summed E-state index contributed by atoms with van der Waals surface area (Å²) in [5.74, 6) is -1.74. The van der Waals surface area contributed by atoms with Gasteiger partial charge in [-0.2, -0.15) is 0 Å². The largest absolute Gasteiger partial charge is 0.479 e. The zero-order chi connectivity index (χ0) is 14.0. The van der Waals surface area contributed by atoms with Crippen LogP contribution in [0.3, 0.4) is 0 Å². The third-order valence-corrected chi connectivity index (χ3v) is 1.89. The first kappa shape index (κ1) is 16.2. The summed E-state index contributed by atoms with van der Waals surface area (Å²) >= 11 is 0. The number of carboxylic acid groups (broad SMARTS) is 1. The molecule has 0 saturated heterocycles. The van der Waals surface area contributed by atoms with Crippen LogP contribution in [0.2, 0.25) is 0 Å². The molecule has 0 aromatic rings. The summed E-state index contributed by atoms with van der Waals surface area (Å²) in [6.45, 7) is 1.91. The zero-order valence-corrected chi connectivity index (χ0v) is 10.1. The van der Waals surface area contributed by atoms with Crippen molar-refractivity contribution < 1.29 is 29.3 Å². The Kier molecular flexibility index (Phi) is 8.29. The van der Waals surface area contributed by atoms with E-state index in [0.717, 1.165) is 0 Å². The number of esters is 1. The number of aliphatic hydroxyl groups excluding tert-OH is 1. The van der Waals surface area contributed by atoms with Crippen LogP contribution in [0.15, 0.2) is 0 Å². The first-order valence-electron chi connectivity index (χ1n) is 5.55. The number of ether oxygens (including phenoxy) is 1. The molecule has 2 amide bonds. The van der Waals surface area contributed by atoms with Crippen LogP contribution >= 0.6 is 0 Å². The van der Waals surface area contributed by atoms with Crippen molar-refractivity contribution in [3.05, 3.63) is 0 Å². The second kappa shape index (κ2) is 9.23. The Morgan fingerprint density at radius 3 is 2.50 bits per heavy atom. The van der Waals surface area contributed by atoms with Crippen LogP contribution in [-0.2, 0) is 14.3 Å². The minimum absolute atomic E-state index is 0.200. The number of aliphatic carboxylic acids is 1. The Labute approximate surface area is 104 Å². The van der Waals surface area contributed by atoms with Gasteiger partial charge in [-0.25, -0.2) is 9.59 Å². The van der Waals surface area contributed by atoms with Crippen molar-refractivity contribution in [2.75, 3.05) is 19.7 Å². The summed E-state index contributed by atoms with van der Waals surface area (Å²) in [7, 11) is 0. The van der Waals surface area contributed by atoms with Crippen LogP contribution in [-0.4, -0.2) is 54.0 Å². The van der Waals surface area contributed by atoms with Gasteiger partial charge in [0.1, 0.15) is 0 Å². The maximum atomic E-state index is 11.1. The van der Waals surface area contributed by atoms with Gasteiger partial charge in [-0.1, -0.05) is 0 Å². The number of carboxylic acids is 1.